The fraction of sp³-hybridized carbons (Fsp3) is 1.00. The molecule has 1 heterocycles. The van der Waals surface area contributed by atoms with Crippen molar-refractivity contribution >= 4 is 0 Å². The van der Waals surface area contributed by atoms with E-state index in [9.17, 15) is 5.11 Å². The molecule has 0 bridgehead atoms. The van der Waals surface area contributed by atoms with E-state index < -0.39 is 0 Å². The molecule has 2 heteroatoms. The van der Waals surface area contributed by atoms with Gasteiger partial charge in [-0.05, 0) is 37.0 Å². The minimum absolute atomic E-state index is 0.207. The molecule has 0 radical (unpaired) electrons. The van der Waals surface area contributed by atoms with Crippen molar-refractivity contribution in [2.45, 2.75) is 58.2 Å². The molecule has 2 nitrogen and oxygen atoms in total. The average molecular weight is 198 g/mol. The van der Waals surface area contributed by atoms with Crippen molar-refractivity contribution in [2.24, 2.45) is 11.3 Å². The first-order valence-electron chi connectivity index (χ1n) is 5.76. The van der Waals surface area contributed by atoms with Crippen LogP contribution in [0.3, 0.4) is 0 Å². The van der Waals surface area contributed by atoms with Gasteiger partial charge in [0.05, 0.1) is 18.3 Å². The quantitative estimate of drug-likeness (QED) is 0.647. The van der Waals surface area contributed by atoms with Gasteiger partial charge in [-0.2, -0.15) is 0 Å². The number of ether oxygens (including phenoxy) is 1. The van der Waals surface area contributed by atoms with Gasteiger partial charge in [-0.1, -0.05) is 20.8 Å². The van der Waals surface area contributed by atoms with Gasteiger partial charge >= 0.3 is 0 Å². The molecule has 3 unspecified atom stereocenters. The fourth-order valence-electron chi connectivity index (χ4n) is 3.66. The Morgan fingerprint density at radius 3 is 2.50 bits per heavy atom. The molecule has 1 spiro atoms. The molecule has 2 aliphatic rings. The SMILES string of the molecule is CC1CC(C)(C)CC2(C1)OCCC2O. The molecular weight excluding hydrogens is 176 g/mol. The van der Waals surface area contributed by atoms with E-state index in [0.717, 1.165) is 25.9 Å². The first-order valence-corrected chi connectivity index (χ1v) is 5.76. The summed E-state index contributed by atoms with van der Waals surface area (Å²) < 4.78 is 5.85. The topological polar surface area (TPSA) is 29.5 Å². The molecule has 2 fully saturated rings. The van der Waals surface area contributed by atoms with Crippen LogP contribution in [-0.2, 0) is 4.74 Å². The van der Waals surface area contributed by atoms with Gasteiger partial charge in [-0.15, -0.1) is 0 Å². The van der Waals surface area contributed by atoms with Crippen LogP contribution in [0, 0.1) is 11.3 Å². The van der Waals surface area contributed by atoms with Crippen LogP contribution in [0.1, 0.15) is 46.5 Å². The molecule has 82 valence electrons. The van der Waals surface area contributed by atoms with Crippen LogP contribution >= 0.6 is 0 Å². The van der Waals surface area contributed by atoms with Crippen LogP contribution in [0.2, 0.25) is 0 Å². The number of hydrogen-bond acceptors (Lipinski definition) is 2. The molecule has 3 atom stereocenters. The van der Waals surface area contributed by atoms with E-state index in [1.54, 1.807) is 0 Å². The Labute approximate surface area is 86.6 Å². The van der Waals surface area contributed by atoms with Gasteiger partial charge < -0.3 is 9.84 Å². The summed E-state index contributed by atoms with van der Waals surface area (Å²) in [6, 6.07) is 0. The van der Waals surface area contributed by atoms with E-state index in [0.29, 0.717) is 11.3 Å². The zero-order valence-corrected chi connectivity index (χ0v) is 9.55. The molecule has 0 aromatic carbocycles. The van der Waals surface area contributed by atoms with Crippen molar-refractivity contribution in [3.63, 3.8) is 0 Å². The Bertz CT molecular complexity index is 224. The minimum atomic E-state index is -0.232. The number of aliphatic hydroxyl groups excluding tert-OH is 1. The highest BCUT2D eigenvalue weighted by atomic mass is 16.5. The van der Waals surface area contributed by atoms with Gasteiger partial charge in [0.15, 0.2) is 0 Å². The zero-order chi connectivity index (χ0) is 10.4. The average Bonchev–Trinajstić information content (AvgIpc) is 2.27. The van der Waals surface area contributed by atoms with Crippen molar-refractivity contribution in [2.75, 3.05) is 6.61 Å². The van der Waals surface area contributed by atoms with Crippen molar-refractivity contribution in [1.29, 1.82) is 0 Å². The summed E-state index contributed by atoms with van der Waals surface area (Å²) >= 11 is 0. The second-order valence-electron chi connectivity index (χ2n) is 6.07. The third-order valence-electron chi connectivity index (χ3n) is 3.76. The monoisotopic (exact) mass is 198 g/mol. The minimum Gasteiger partial charge on any atom is -0.390 e. The number of hydrogen-bond donors (Lipinski definition) is 1. The lowest BCUT2D eigenvalue weighted by molar-refractivity contribution is -0.121. The molecule has 1 N–H and O–H groups in total. The van der Waals surface area contributed by atoms with Crippen molar-refractivity contribution in [3.8, 4) is 0 Å². The van der Waals surface area contributed by atoms with Crippen molar-refractivity contribution < 1.29 is 9.84 Å². The van der Waals surface area contributed by atoms with Crippen LogP contribution in [0.25, 0.3) is 0 Å². The van der Waals surface area contributed by atoms with Crippen LogP contribution in [0.15, 0.2) is 0 Å². The Balaban J connectivity index is 2.19. The maximum absolute atomic E-state index is 10.0. The summed E-state index contributed by atoms with van der Waals surface area (Å²) in [5.74, 6) is 0.673. The van der Waals surface area contributed by atoms with Gasteiger partial charge in [0.1, 0.15) is 0 Å². The van der Waals surface area contributed by atoms with E-state index in [1.807, 2.05) is 0 Å². The second kappa shape index (κ2) is 3.21. The Morgan fingerprint density at radius 2 is 2.00 bits per heavy atom. The smallest absolute Gasteiger partial charge is 0.0948 e. The van der Waals surface area contributed by atoms with Crippen LogP contribution in [-0.4, -0.2) is 23.4 Å². The van der Waals surface area contributed by atoms with E-state index in [-0.39, 0.29) is 11.7 Å². The maximum Gasteiger partial charge on any atom is 0.0948 e. The maximum atomic E-state index is 10.0. The Morgan fingerprint density at radius 1 is 1.29 bits per heavy atom. The third-order valence-corrected chi connectivity index (χ3v) is 3.76. The lowest BCUT2D eigenvalue weighted by Gasteiger charge is -2.46. The van der Waals surface area contributed by atoms with Crippen LogP contribution in [0.5, 0.6) is 0 Å². The molecule has 1 saturated carbocycles. The molecule has 0 aromatic rings. The first kappa shape index (κ1) is 10.4. The summed E-state index contributed by atoms with van der Waals surface area (Å²) in [5.41, 5.74) is 0.115. The molecule has 0 amide bonds. The highest BCUT2D eigenvalue weighted by molar-refractivity contribution is 5.01. The predicted octanol–water partition coefficient (Wildman–Crippen LogP) is 2.35. The largest absolute Gasteiger partial charge is 0.390 e. The molecular formula is C12H22O2. The summed E-state index contributed by atoms with van der Waals surface area (Å²) in [6.45, 7) is 7.60. The fourth-order valence-corrected chi connectivity index (χ4v) is 3.66. The van der Waals surface area contributed by atoms with Gasteiger partial charge in [0.2, 0.25) is 0 Å². The normalized spacial score (nSPS) is 47.1. The standard InChI is InChI=1S/C12H22O2/c1-9-6-11(2,3)8-12(7-9)10(13)4-5-14-12/h9-10,13H,4-8H2,1-3H3. The Hall–Kier alpha value is -0.0800. The summed E-state index contributed by atoms with van der Waals surface area (Å²) in [7, 11) is 0. The van der Waals surface area contributed by atoms with E-state index in [2.05, 4.69) is 20.8 Å². The van der Waals surface area contributed by atoms with Crippen molar-refractivity contribution in [1.82, 2.24) is 0 Å². The van der Waals surface area contributed by atoms with Gasteiger partial charge in [-0.25, -0.2) is 0 Å². The third kappa shape index (κ3) is 1.70. The first-order chi connectivity index (χ1) is 6.44. The van der Waals surface area contributed by atoms with Crippen LogP contribution < -0.4 is 0 Å². The highest BCUT2D eigenvalue weighted by Crippen LogP contribution is 2.49. The molecule has 0 aromatic heterocycles. The predicted molar refractivity (Wildman–Crippen MR) is 56.1 cm³/mol. The van der Waals surface area contributed by atoms with Gasteiger partial charge in [0, 0.05) is 0 Å². The van der Waals surface area contributed by atoms with Gasteiger partial charge in [0.25, 0.3) is 0 Å². The lowest BCUT2D eigenvalue weighted by Crippen LogP contribution is -2.48. The zero-order valence-electron chi connectivity index (χ0n) is 9.55. The van der Waals surface area contributed by atoms with Gasteiger partial charge in [-0.3, -0.25) is 0 Å². The molecule has 1 aliphatic heterocycles. The van der Waals surface area contributed by atoms with E-state index in [1.165, 1.54) is 6.42 Å². The lowest BCUT2D eigenvalue weighted by atomic mass is 9.64. The Kier molecular flexibility index (Phi) is 2.39. The summed E-state index contributed by atoms with van der Waals surface area (Å²) in [6.07, 6.45) is 3.90. The van der Waals surface area contributed by atoms with Crippen molar-refractivity contribution in [3.05, 3.63) is 0 Å². The molecule has 1 aliphatic carbocycles. The second-order valence-corrected chi connectivity index (χ2v) is 6.07. The number of rotatable bonds is 0. The molecule has 1 saturated heterocycles. The van der Waals surface area contributed by atoms with Crippen LogP contribution in [0.4, 0.5) is 0 Å². The molecule has 2 rings (SSSR count). The summed E-state index contributed by atoms with van der Waals surface area (Å²) in [4.78, 5) is 0. The van der Waals surface area contributed by atoms with E-state index in [4.69, 9.17) is 4.74 Å². The summed E-state index contributed by atoms with van der Waals surface area (Å²) in [5, 5.41) is 10.0. The highest BCUT2D eigenvalue weighted by Gasteiger charge is 2.50. The number of aliphatic hydroxyl groups is 1. The molecule has 14 heavy (non-hydrogen) atoms. The van der Waals surface area contributed by atoms with E-state index >= 15 is 0 Å².